The first-order valence-corrected chi connectivity index (χ1v) is 10.2. The number of nitrogens with zero attached hydrogens (tertiary/aromatic N) is 3. The zero-order chi connectivity index (χ0) is 21.0. The van der Waals surface area contributed by atoms with Crippen molar-refractivity contribution in [1.82, 2.24) is 4.98 Å². The molecule has 10 heteroatoms. The fraction of sp³-hybridized carbons (Fsp3) is 0.0526. The highest BCUT2D eigenvalue weighted by molar-refractivity contribution is 7.98. The number of amides is 1. The first-order chi connectivity index (χ1) is 14.0. The average molecular weight is 422 g/mol. The number of nitrogens with one attached hydrogen (secondary N) is 2. The van der Waals surface area contributed by atoms with Gasteiger partial charge in [-0.3, -0.25) is 4.79 Å². The molecule has 0 spiro atoms. The molecule has 0 saturated carbocycles. The van der Waals surface area contributed by atoms with E-state index < -0.39 is 5.91 Å². The van der Waals surface area contributed by atoms with Crippen LogP contribution >= 0.6 is 23.1 Å². The molecule has 0 atom stereocenters. The number of carbonyl (C=O) groups excluding carboxylic acids is 1. The Labute approximate surface area is 175 Å². The second kappa shape index (κ2) is 8.52. The van der Waals surface area contributed by atoms with Gasteiger partial charge in [0.1, 0.15) is 44.0 Å². The predicted octanol–water partition coefficient (Wildman–Crippen LogP) is 3.77. The van der Waals surface area contributed by atoms with Gasteiger partial charge in [0.25, 0.3) is 5.91 Å². The van der Waals surface area contributed by atoms with Crippen LogP contribution < -0.4 is 22.1 Å². The number of thiophene rings is 1. The van der Waals surface area contributed by atoms with Crippen molar-refractivity contribution < 1.29 is 4.79 Å². The summed E-state index contributed by atoms with van der Waals surface area (Å²) in [5, 5.41) is 25.3. The summed E-state index contributed by atoms with van der Waals surface area (Å²) in [7, 11) is 0. The van der Waals surface area contributed by atoms with Crippen LogP contribution in [0.2, 0.25) is 0 Å². The van der Waals surface area contributed by atoms with Crippen molar-refractivity contribution >= 4 is 56.9 Å². The van der Waals surface area contributed by atoms with Gasteiger partial charge in [-0.25, -0.2) is 4.98 Å². The minimum atomic E-state index is -0.520. The number of rotatable bonds is 5. The molecule has 1 aromatic carbocycles. The van der Waals surface area contributed by atoms with E-state index in [0.29, 0.717) is 10.0 Å². The average Bonchev–Trinajstić information content (AvgIpc) is 3.03. The molecule has 2 heterocycles. The number of thioether (sulfide) groups is 1. The molecule has 1 amide bonds. The van der Waals surface area contributed by atoms with E-state index in [0.717, 1.165) is 17.0 Å². The lowest BCUT2D eigenvalue weighted by atomic mass is 10.2. The normalized spacial score (nSPS) is 10.0. The van der Waals surface area contributed by atoms with Gasteiger partial charge in [-0.15, -0.1) is 23.1 Å². The Morgan fingerprint density at radius 1 is 1.17 bits per heavy atom. The van der Waals surface area contributed by atoms with Crippen LogP contribution in [0, 0.1) is 22.7 Å². The fourth-order valence-corrected chi connectivity index (χ4v) is 4.05. The number of nitrogen functional groups attached to an aromatic ring is 2. The van der Waals surface area contributed by atoms with Crippen molar-refractivity contribution in [3.05, 3.63) is 52.4 Å². The van der Waals surface area contributed by atoms with Crippen LogP contribution in [0.5, 0.6) is 0 Å². The van der Waals surface area contributed by atoms with Crippen molar-refractivity contribution in [3.8, 4) is 12.1 Å². The molecule has 8 nitrogen and oxygen atoms in total. The van der Waals surface area contributed by atoms with Gasteiger partial charge in [0.2, 0.25) is 0 Å². The summed E-state index contributed by atoms with van der Waals surface area (Å²) in [5.41, 5.74) is 13.5. The van der Waals surface area contributed by atoms with Gasteiger partial charge in [0.05, 0.1) is 11.4 Å². The Hall–Kier alpha value is -3.73. The summed E-state index contributed by atoms with van der Waals surface area (Å²) in [6.07, 6.45) is 1.76. The molecule has 0 bridgehead atoms. The number of nitriles is 2. The Morgan fingerprint density at radius 3 is 2.48 bits per heavy atom. The SMILES string of the molecule is CSc1nc(NC(=O)c2sc(Nc3ccccc3)c(C#N)c2N)cc(N)c1C#N. The highest BCUT2D eigenvalue weighted by Crippen LogP contribution is 2.37. The molecule has 3 aromatic rings. The standard InChI is InChI=1S/C19H15N7OS2/c1-28-18-11(8-20)13(22)7-14(26-18)25-17(27)16-15(23)12(9-21)19(29-16)24-10-5-3-2-4-6-10/h2-7,24H,23H2,1H3,(H3,22,25,26,27). The minimum absolute atomic E-state index is 0.0835. The molecule has 0 aliphatic heterocycles. The van der Waals surface area contributed by atoms with Gasteiger partial charge < -0.3 is 22.1 Å². The van der Waals surface area contributed by atoms with Crippen LogP contribution in [0.15, 0.2) is 41.4 Å². The van der Waals surface area contributed by atoms with Gasteiger partial charge in [-0.05, 0) is 18.4 Å². The third-order valence-corrected chi connectivity index (χ3v) is 5.66. The van der Waals surface area contributed by atoms with Crippen molar-refractivity contribution in [1.29, 1.82) is 10.5 Å². The van der Waals surface area contributed by atoms with Crippen LogP contribution in [-0.2, 0) is 0 Å². The lowest BCUT2D eigenvalue weighted by Crippen LogP contribution is -2.14. The molecule has 2 aromatic heterocycles. The topological polar surface area (TPSA) is 154 Å². The summed E-state index contributed by atoms with van der Waals surface area (Å²) in [6, 6.07) is 14.7. The molecular weight excluding hydrogens is 406 g/mol. The van der Waals surface area contributed by atoms with E-state index in [1.807, 2.05) is 42.5 Å². The lowest BCUT2D eigenvalue weighted by molar-refractivity contribution is 0.103. The summed E-state index contributed by atoms with van der Waals surface area (Å²) in [5.74, 6) is -0.325. The molecule has 0 radical (unpaired) electrons. The van der Waals surface area contributed by atoms with Crippen molar-refractivity contribution in [2.45, 2.75) is 5.03 Å². The molecule has 144 valence electrons. The largest absolute Gasteiger partial charge is 0.397 e. The number of benzene rings is 1. The maximum atomic E-state index is 12.8. The van der Waals surface area contributed by atoms with Gasteiger partial charge in [-0.2, -0.15) is 10.5 Å². The van der Waals surface area contributed by atoms with E-state index in [4.69, 9.17) is 11.5 Å². The highest BCUT2D eigenvalue weighted by Gasteiger charge is 2.22. The third-order valence-electron chi connectivity index (χ3n) is 3.86. The summed E-state index contributed by atoms with van der Waals surface area (Å²) in [4.78, 5) is 17.2. The second-order valence-electron chi connectivity index (χ2n) is 5.70. The van der Waals surface area contributed by atoms with Gasteiger partial charge in [0, 0.05) is 11.8 Å². The molecule has 3 rings (SSSR count). The third kappa shape index (κ3) is 4.09. The van der Waals surface area contributed by atoms with Crippen molar-refractivity contribution in [2.24, 2.45) is 0 Å². The maximum absolute atomic E-state index is 12.8. The van der Waals surface area contributed by atoms with E-state index in [-0.39, 0.29) is 33.2 Å². The number of hydrogen-bond donors (Lipinski definition) is 4. The Kier molecular flexibility index (Phi) is 5.88. The van der Waals surface area contributed by atoms with E-state index >= 15 is 0 Å². The van der Waals surface area contributed by atoms with Crippen LogP contribution in [0.1, 0.15) is 20.8 Å². The number of para-hydroxylation sites is 1. The van der Waals surface area contributed by atoms with Crippen LogP contribution in [0.3, 0.4) is 0 Å². The maximum Gasteiger partial charge on any atom is 0.269 e. The summed E-state index contributed by atoms with van der Waals surface area (Å²) in [6.45, 7) is 0. The summed E-state index contributed by atoms with van der Waals surface area (Å²) >= 11 is 2.31. The van der Waals surface area contributed by atoms with E-state index in [1.165, 1.54) is 17.8 Å². The van der Waals surface area contributed by atoms with E-state index in [9.17, 15) is 15.3 Å². The minimum Gasteiger partial charge on any atom is -0.397 e. The number of hydrogen-bond acceptors (Lipinski definition) is 9. The first kappa shape index (κ1) is 20.0. The van der Waals surface area contributed by atoms with E-state index in [1.54, 1.807) is 6.26 Å². The highest BCUT2D eigenvalue weighted by atomic mass is 32.2. The van der Waals surface area contributed by atoms with Crippen LogP contribution in [0.4, 0.5) is 27.9 Å². The Bertz CT molecular complexity index is 1160. The van der Waals surface area contributed by atoms with Crippen molar-refractivity contribution in [2.75, 3.05) is 28.4 Å². The number of aromatic nitrogens is 1. The lowest BCUT2D eigenvalue weighted by Gasteiger charge is -2.08. The van der Waals surface area contributed by atoms with Crippen molar-refractivity contribution in [3.63, 3.8) is 0 Å². The van der Waals surface area contributed by atoms with Crippen LogP contribution in [-0.4, -0.2) is 17.1 Å². The number of nitrogens with two attached hydrogens (primary N) is 2. The second-order valence-corrected chi connectivity index (χ2v) is 7.51. The molecule has 0 unspecified atom stereocenters. The quantitative estimate of drug-likeness (QED) is 0.454. The fourth-order valence-electron chi connectivity index (χ4n) is 2.50. The first-order valence-electron chi connectivity index (χ1n) is 8.18. The molecule has 29 heavy (non-hydrogen) atoms. The van der Waals surface area contributed by atoms with Gasteiger partial charge >= 0.3 is 0 Å². The molecule has 6 N–H and O–H groups in total. The predicted molar refractivity (Wildman–Crippen MR) is 116 cm³/mol. The Balaban J connectivity index is 1.91. The van der Waals surface area contributed by atoms with E-state index in [2.05, 4.69) is 15.6 Å². The number of pyridine rings is 1. The molecule has 0 aliphatic carbocycles. The summed E-state index contributed by atoms with van der Waals surface area (Å²) < 4.78 is 0. The van der Waals surface area contributed by atoms with Gasteiger partial charge in [-0.1, -0.05) is 18.2 Å². The molecule has 0 saturated heterocycles. The van der Waals surface area contributed by atoms with Gasteiger partial charge in [0.15, 0.2) is 0 Å². The molecule has 0 aliphatic rings. The smallest absolute Gasteiger partial charge is 0.269 e. The molecular formula is C19H15N7OS2. The van der Waals surface area contributed by atoms with Crippen LogP contribution in [0.25, 0.3) is 0 Å². The monoisotopic (exact) mass is 421 g/mol. The molecule has 0 fully saturated rings. The zero-order valence-corrected chi connectivity index (χ0v) is 16.8. The Morgan fingerprint density at radius 2 is 1.86 bits per heavy atom. The number of anilines is 5. The zero-order valence-electron chi connectivity index (χ0n) is 15.2. The number of carbonyl (C=O) groups is 1.